The van der Waals surface area contributed by atoms with Crippen LogP contribution in [0.5, 0.6) is 0 Å². The van der Waals surface area contributed by atoms with Crippen molar-refractivity contribution in [1.82, 2.24) is 29.9 Å². The van der Waals surface area contributed by atoms with Gasteiger partial charge in [-0.3, -0.25) is 0 Å². The lowest BCUT2D eigenvalue weighted by Crippen LogP contribution is -2.21. The number of rotatable bonds is 3. The normalized spacial score (nSPS) is 16.7. The monoisotopic (exact) mass is 783 g/mol. The van der Waals surface area contributed by atoms with Crippen LogP contribution in [0.2, 0.25) is 0 Å². The molecule has 1 aliphatic carbocycles. The molecule has 282 valence electrons. The summed E-state index contributed by atoms with van der Waals surface area (Å²) in [7, 11) is 0. The summed E-state index contributed by atoms with van der Waals surface area (Å²) in [5, 5.41) is 30.4. The van der Waals surface area contributed by atoms with Gasteiger partial charge in [0.25, 0.3) is 0 Å². The quantitative estimate of drug-likeness (QED) is 0.188. The lowest BCUT2D eigenvalue weighted by atomic mass is 9.98. The molecule has 1 aliphatic rings. The Morgan fingerprint density at radius 1 is 0.389 bits per heavy atom. The Balaban J connectivity index is 2.44. The molecule has 0 atom stereocenters. The minimum atomic E-state index is -5.92. The van der Waals surface area contributed by atoms with Gasteiger partial charge in [0.1, 0.15) is 29.9 Å². The largest absolute Gasteiger partial charge is 0.451 e. The summed E-state index contributed by atoms with van der Waals surface area (Å²) in [4.78, 5) is 18.1. The Bertz CT molecular complexity index is 2300. The molecular weight excluding hydrogens is 771 g/mol. The van der Waals surface area contributed by atoms with E-state index in [4.69, 9.17) is 0 Å². The zero-order chi connectivity index (χ0) is 41.3. The minimum absolute atomic E-state index is 0.460. The first-order chi connectivity index (χ1) is 24.5. The number of hydrogen-bond donors (Lipinski definition) is 0. The molecule has 0 radical (unpaired) electrons. The zero-order valence-corrected chi connectivity index (χ0v) is 26.7. The van der Waals surface area contributed by atoms with Gasteiger partial charge in [-0.05, 0) is 27.7 Å². The molecule has 0 spiro atoms. The van der Waals surface area contributed by atoms with E-state index in [1.54, 1.807) is 0 Å². The van der Waals surface area contributed by atoms with Crippen molar-refractivity contribution in [3.05, 3.63) is 85.0 Å². The van der Waals surface area contributed by atoms with Crippen LogP contribution in [0.3, 0.4) is 0 Å². The maximum Gasteiger partial charge on any atom is 0.451 e. The van der Waals surface area contributed by atoms with E-state index in [9.17, 15) is 81.6 Å². The van der Waals surface area contributed by atoms with Gasteiger partial charge in [-0.15, -0.1) is 0 Å². The summed E-state index contributed by atoms with van der Waals surface area (Å²) >= 11 is 0. The second kappa shape index (κ2) is 13.1. The van der Waals surface area contributed by atoms with E-state index in [-0.39, 0.29) is 0 Å². The molecule has 0 saturated heterocycles. The summed E-state index contributed by atoms with van der Waals surface area (Å²) in [6, 6.07) is 3.24. The third-order valence-electron chi connectivity index (χ3n) is 7.16. The Kier molecular flexibility index (Phi) is 9.84. The molecule has 24 heteroatoms. The van der Waals surface area contributed by atoms with Crippen LogP contribution in [0.4, 0.5) is 65.9 Å². The van der Waals surface area contributed by atoms with Gasteiger partial charge in [0.2, 0.25) is 5.82 Å². The molecule has 1 fully saturated rings. The van der Waals surface area contributed by atoms with Gasteiger partial charge in [0.05, 0.1) is 33.7 Å². The van der Waals surface area contributed by atoms with Crippen molar-refractivity contribution in [2.45, 2.75) is 58.6 Å². The van der Waals surface area contributed by atoms with E-state index in [1.807, 2.05) is 0 Å². The summed E-state index contributed by atoms with van der Waals surface area (Å²) < 4.78 is 212. The van der Waals surface area contributed by atoms with Crippen LogP contribution in [0, 0.1) is 61.7 Å². The van der Waals surface area contributed by atoms with Crippen LogP contribution in [-0.2, 0) is 30.9 Å². The molecule has 9 nitrogen and oxygen atoms in total. The van der Waals surface area contributed by atoms with Crippen molar-refractivity contribution in [2.24, 2.45) is 0 Å². The lowest BCUT2D eigenvalue weighted by Gasteiger charge is -2.17. The van der Waals surface area contributed by atoms with Crippen molar-refractivity contribution in [3.63, 3.8) is 0 Å². The second-order valence-electron chi connectivity index (χ2n) is 10.9. The van der Waals surface area contributed by atoms with Crippen LogP contribution in [0.1, 0.15) is 68.3 Å². The van der Waals surface area contributed by atoms with Crippen LogP contribution in [-0.4, -0.2) is 29.9 Å². The standard InChI is InChI=1S/C30H12F15N9/c1-8-15(21(26(31,32)33)51-10(3)49-8)12(5-46)17-18(13(6-47)16-9(2)50-25(30(43,44)45)54-22(16)27(34,35)36)19(17)14(7-48)20-23(28(37,38)39)52-11(4)53-24(20)29(40,41)42/h1-4H3/b17-12-,18-13?,19-14-. The predicted molar refractivity (Wildman–Crippen MR) is 148 cm³/mol. The Labute approximate surface area is 290 Å². The maximum absolute atomic E-state index is 14.3. The van der Waals surface area contributed by atoms with Crippen molar-refractivity contribution < 1.29 is 65.9 Å². The SMILES string of the molecule is Cc1nc(C)c(/C(C#N)=C2/C(=C(C#N)c3c(C)nc(C(F)(F)F)nc3C(F)(F)F)/C2=C(/C#N)c2c(C(F)(F)F)nc(C)nc2C(F)(F)F)c(C(F)(F)F)n1. The number of halogens is 15. The summed E-state index contributed by atoms with van der Waals surface area (Å²) in [6.45, 7) is 2.81. The molecule has 3 heterocycles. The van der Waals surface area contributed by atoms with E-state index in [2.05, 4.69) is 29.9 Å². The van der Waals surface area contributed by atoms with Gasteiger partial charge < -0.3 is 0 Å². The van der Waals surface area contributed by atoms with E-state index in [0.717, 1.165) is 26.0 Å². The molecule has 0 aromatic carbocycles. The summed E-state index contributed by atoms with van der Waals surface area (Å²) in [5.74, 6) is -4.18. The predicted octanol–water partition coefficient (Wildman–Crippen LogP) is 8.63. The molecule has 0 aliphatic heterocycles. The zero-order valence-electron chi connectivity index (χ0n) is 26.7. The number of nitrogens with zero attached hydrogens (tertiary/aromatic N) is 9. The highest BCUT2D eigenvalue weighted by Crippen LogP contribution is 2.59. The average molecular weight is 783 g/mol. The number of nitriles is 3. The van der Waals surface area contributed by atoms with Crippen LogP contribution in [0.15, 0.2) is 16.7 Å². The molecule has 3 aromatic rings. The fourth-order valence-corrected chi connectivity index (χ4v) is 5.29. The average Bonchev–Trinajstić information content (AvgIpc) is 3.71. The Hall–Kier alpha value is -6.12. The Morgan fingerprint density at radius 2 is 0.667 bits per heavy atom. The fourth-order valence-electron chi connectivity index (χ4n) is 5.29. The molecule has 54 heavy (non-hydrogen) atoms. The fraction of sp³-hybridized carbons (Fsp3) is 0.300. The van der Waals surface area contributed by atoms with Crippen molar-refractivity contribution in [3.8, 4) is 18.2 Å². The first kappa shape index (κ1) is 40.6. The van der Waals surface area contributed by atoms with Crippen LogP contribution < -0.4 is 0 Å². The van der Waals surface area contributed by atoms with Crippen molar-refractivity contribution >= 4 is 16.7 Å². The first-order valence-electron chi connectivity index (χ1n) is 13.9. The molecule has 0 bridgehead atoms. The molecule has 3 aromatic heterocycles. The summed E-state index contributed by atoms with van der Waals surface area (Å²) in [6.07, 6.45) is -28.8. The topological polar surface area (TPSA) is 149 Å². The molecule has 0 unspecified atom stereocenters. The maximum atomic E-state index is 14.3. The van der Waals surface area contributed by atoms with Crippen LogP contribution >= 0.6 is 0 Å². The van der Waals surface area contributed by atoms with Gasteiger partial charge in [-0.1, -0.05) is 0 Å². The van der Waals surface area contributed by atoms with Gasteiger partial charge >= 0.3 is 30.9 Å². The van der Waals surface area contributed by atoms with Gasteiger partial charge in [0, 0.05) is 27.8 Å². The highest BCUT2D eigenvalue weighted by Gasteiger charge is 2.51. The highest BCUT2D eigenvalue weighted by molar-refractivity contribution is 6.13. The lowest BCUT2D eigenvalue weighted by molar-refractivity contribution is -0.153. The first-order valence-corrected chi connectivity index (χ1v) is 13.9. The number of alkyl halides is 15. The van der Waals surface area contributed by atoms with Crippen LogP contribution in [0.25, 0.3) is 16.7 Å². The number of hydrogen-bond acceptors (Lipinski definition) is 9. The number of aryl methyl sites for hydroxylation is 4. The van der Waals surface area contributed by atoms with Gasteiger partial charge in [-0.25, -0.2) is 29.9 Å². The van der Waals surface area contributed by atoms with Crippen molar-refractivity contribution in [1.29, 1.82) is 15.8 Å². The molecule has 0 N–H and O–H groups in total. The summed E-state index contributed by atoms with van der Waals surface area (Å²) in [5.41, 5.74) is -25.8. The number of allylic oxidation sites excluding steroid dienone is 6. The minimum Gasteiger partial charge on any atom is -0.238 e. The number of aromatic nitrogens is 6. The van der Waals surface area contributed by atoms with E-state index in [1.165, 1.54) is 6.07 Å². The molecule has 0 amide bonds. The van der Waals surface area contributed by atoms with Gasteiger partial charge in [-0.2, -0.15) is 81.6 Å². The van der Waals surface area contributed by atoms with E-state index >= 15 is 0 Å². The third kappa shape index (κ3) is 7.38. The van der Waals surface area contributed by atoms with E-state index < -0.39 is 133 Å². The molecule has 4 rings (SSSR count). The Morgan fingerprint density at radius 3 is 0.981 bits per heavy atom. The smallest absolute Gasteiger partial charge is 0.238 e. The molecule has 1 saturated carbocycles. The van der Waals surface area contributed by atoms with Crippen molar-refractivity contribution in [2.75, 3.05) is 0 Å². The van der Waals surface area contributed by atoms with Gasteiger partial charge in [0.15, 0.2) is 22.8 Å². The van der Waals surface area contributed by atoms with E-state index in [0.29, 0.717) is 13.8 Å². The molecular formula is C30H12F15N9. The second-order valence-corrected chi connectivity index (χ2v) is 10.9. The third-order valence-corrected chi connectivity index (χ3v) is 7.16. The highest BCUT2D eigenvalue weighted by atomic mass is 19.4.